The first-order valence-corrected chi connectivity index (χ1v) is 8.30. The Morgan fingerprint density at radius 2 is 1.81 bits per heavy atom. The average molecular weight is 373 g/mol. The number of nitrogens with zero attached hydrogens (tertiary/aromatic N) is 1. The summed E-state index contributed by atoms with van der Waals surface area (Å²) in [6, 6.07) is 10.7. The average Bonchev–Trinajstić information content (AvgIpc) is 2.44. The highest BCUT2D eigenvalue weighted by molar-refractivity contribution is 9.10. The van der Waals surface area contributed by atoms with E-state index in [1.165, 1.54) is 17.4 Å². The number of anilines is 1. The van der Waals surface area contributed by atoms with Crippen LogP contribution < -0.4 is 5.73 Å². The molecule has 0 unspecified atom stereocenters. The molecule has 0 aliphatic heterocycles. The Hall–Kier alpha value is -1.44. The predicted octanol–water partition coefficient (Wildman–Crippen LogP) is 2.99. The largest absolute Gasteiger partial charge is 0.396 e. The number of hydrogen-bond acceptors (Lipinski definition) is 3. The van der Waals surface area contributed by atoms with Gasteiger partial charge in [-0.15, -0.1) is 0 Å². The number of nitrogens with two attached hydrogens (primary N) is 1. The van der Waals surface area contributed by atoms with E-state index in [9.17, 15) is 12.8 Å². The maximum Gasteiger partial charge on any atom is 0.243 e. The van der Waals surface area contributed by atoms with E-state index >= 15 is 0 Å². The fraction of sp³-hybridized carbons (Fsp3) is 0.143. The van der Waals surface area contributed by atoms with Crippen molar-refractivity contribution in [2.75, 3.05) is 12.8 Å². The maximum atomic E-state index is 13.1. The highest BCUT2D eigenvalue weighted by atomic mass is 79.9. The van der Waals surface area contributed by atoms with Crippen LogP contribution in [-0.2, 0) is 16.6 Å². The van der Waals surface area contributed by atoms with Crippen LogP contribution >= 0.6 is 15.9 Å². The molecule has 0 bridgehead atoms. The van der Waals surface area contributed by atoms with E-state index in [0.717, 1.165) is 22.2 Å². The third-order valence-corrected chi connectivity index (χ3v) is 5.32. The molecule has 112 valence electrons. The van der Waals surface area contributed by atoms with E-state index in [1.54, 1.807) is 0 Å². The molecule has 2 aromatic carbocycles. The third kappa shape index (κ3) is 3.61. The lowest BCUT2D eigenvalue weighted by atomic mass is 10.2. The summed E-state index contributed by atoms with van der Waals surface area (Å²) >= 11 is 3.32. The topological polar surface area (TPSA) is 63.4 Å². The van der Waals surface area contributed by atoms with Crippen molar-refractivity contribution in [2.24, 2.45) is 0 Å². The molecular formula is C14H14BrFN2O2S. The molecule has 2 rings (SSSR count). The second-order valence-corrected chi connectivity index (χ2v) is 7.53. The number of rotatable bonds is 4. The van der Waals surface area contributed by atoms with Gasteiger partial charge in [-0.25, -0.2) is 12.8 Å². The van der Waals surface area contributed by atoms with E-state index in [4.69, 9.17) is 5.73 Å². The number of sulfonamides is 1. The van der Waals surface area contributed by atoms with Crippen molar-refractivity contribution in [3.63, 3.8) is 0 Å². The Morgan fingerprint density at radius 1 is 1.19 bits per heavy atom. The monoisotopic (exact) mass is 372 g/mol. The highest BCUT2D eigenvalue weighted by Crippen LogP contribution is 2.21. The highest BCUT2D eigenvalue weighted by Gasteiger charge is 2.21. The molecule has 0 atom stereocenters. The minimum atomic E-state index is -3.71. The Bertz CT molecular complexity index is 748. The van der Waals surface area contributed by atoms with Crippen LogP contribution in [0.2, 0.25) is 0 Å². The van der Waals surface area contributed by atoms with Crippen molar-refractivity contribution in [1.29, 1.82) is 0 Å². The number of halogens is 2. The second-order valence-electron chi connectivity index (χ2n) is 4.57. The van der Waals surface area contributed by atoms with Crippen LogP contribution in [0, 0.1) is 5.82 Å². The van der Waals surface area contributed by atoms with Gasteiger partial charge in [0.05, 0.1) is 10.6 Å². The Labute approximate surface area is 131 Å². The Balaban J connectivity index is 2.25. The summed E-state index contributed by atoms with van der Waals surface area (Å²) in [6.45, 7) is 0.215. The van der Waals surface area contributed by atoms with E-state index in [1.807, 2.05) is 24.3 Å². The molecule has 0 aliphatic carbocycles. The molecule has 0 fully saturated rings. The number of benzene rings is 2. The molecule has 21 heavy (non-hydrogen) atoms. The quantitative estimate of drug-likeness (QED) is 0.839. The lowest BCUT2D eigenvalue weighted by Crippen LogP contribution is -2.26. The van der Waals surface area contributed by atoms with Crippen LogP contribution in [0.5, 0.6) is 0 Å². The molecule has 0 heterocycles. The van der Waals surface area contributed by atoms with Gasteiger partial charge in [-0.05, 0) is 35.9 Å². The van der Waals surface area contributed by atoms with E-state index in [-0.39, 0.29) is 17.1 Å². The van der Waals surface area contributed by atoms with Crippen LogP contribution in [0.4, 0.5) is 10.1 Å². The third-order valence-electron chi connectivity index (χ3n) is 2.99. The van der Waals surface area contributed by atoms with Gasteiger partial charge in [0.25, 0.3) is 0 Å². The van der Waals surface area contributed by atoms with Gasteiger partial charge < -0.3 is 5.73 Å². The van der Waals surface area contributed by atoms with Crippen molar-refractivity contribution in [3.05, 3.63) is 58.3 Å². The van der Waals surface area contributed by atoms with Crippen LogP contribution in [0.15, 0.2) is 51.8 Å². The Morgan fingerprint density at radius 3 is 2.38 bits per heavy atom. The van der Waals surface area contributed by atoms with E-state index in [2.05, 4.69) is 15.9 Å². The molecule has 0 radical (unpaired) electrons. The lowest BCUT2D eigenvalue weighted by Gasteiger charge is -2.17. The molecule has 2 aromatic rings. The first-order chi connectivity index (χ1) is 9.80. The van der Waals surface area contributed by atoms with Gasteiger partial charge in [0.2, 0.25) is 10.0 Å². The van der Waals surface area contributed by atoms with Crippen molar-refractivity contribution < 1.29 is 12.8 Å². The number of hydrogen-bond donors (Lipinski definition) is 1. The summed E-state index contributed by atoms with van der Waals surface area (Å²) in [4.78, 5) is -0.0268. The lowest BCUT2D eigenvalue weighted by molar-refractivity contribution is 0.466. The zero-order chi connectivity index (χ0) is 15.6. The summed E-state index contributed by atoms with van der Waals surface area (Å²) in [5, 5.41) is 0. The molecular weight excluding hydrogens is 359 g/mol. The van der Waals surface area contributed by atoms with Crippen molar-refractivity contribution >= 4 is 31.6 Å². The summed E-state index contributed by atoms with van der Waals surface area (Å²) in [5.41, 5.74) is 6.08. The summed E-state index contributed by atoms with van der Waals surface area (Å²) in [7, 11) is -2.24. The van der Waals surface area contributed by atoms with Gasteiger partial charge in [0.1, 0.15) is 5.82 Å². The van der Waals surface area contributed by atoms with Crippen LogP contribution in [0.1, 0.15) is 5.56 Å². The van der Waals surface area contributed by atoms with Gasteiger partial charge >= 0.3 is 0 Å². The molecule has 0 spiro atoms. The summed E-state index contributed by atoms with van der Waals surface area (Å²) < 4.78 is 40.1. The van der Waals surface area contributed by atoms with Crippen LogP contribution in [-0.4, -0.2) is 19.8 Å². The molecule has 0 saturated heterocycles. The first-order valence-electron chi connectivity index (χ1n) is 6.06. The molecule has 0 aliphatic rings. The molecule has 0 amide bonds. The van der Waals surface area contributed by atoms with Crippen LogP contribution in [0.3, 0.4) is 0 Å². The fourth-order valence-corrected chi connectivity index (χ4v) is 3.25. The van der Waals surface area contributed by atoms with E-state index < -0.39 is 15.8 Å². The van der Waals surface area contributed by atoms with Gasteiger partial charge in [0, 0.05) is 18.1 Å². The molecule has 2 N–H and O–H groups in total. The zero-order valence-corrected chi connectivity index (χ0v) is 13.7. The summed E-state index contributed by atoms with van der Waals surface area (Å²) in [6.07, 6.45) is 0. The summed E-state index contributed by atoms with van der Waals surface area (Å²) in [5.74, 6) is -0.635. The second kappa shape index (κ2) is 6.13. The Kier molecular flexibility index (Phi) is 4.65. The van der Waals surface area contributed by atoms with Crippen LogP contribution in [0.25, 0.3) is 0 Å². The molecule has 0 aromatic heterocycles. The van der Waals surface area contributed by atoms with Gasteiger partial charge in [-0.2, -0.15) is 4.31 Å². The fourth-order valence-electron chi connectivity index (χ4n) is 1.79. The number of nitrogen functional groups attached to an aromatic ring is 1. The molecule has 4 nitrogen and oxygen atoms in total. The first kappa shape index (κ1) is 15.9. The minimum Gasteiger partial charge on any atom is -0.396 e. The molecule has 7 heteroatoms. The SMILES string of the molecule is CN(Cc1ccc(Br)cc1)S(=O)(=O)c1ccc(F)c(N)c1. The van der Waals surface area contributed by atoms with Crippen molar-refractivity contribution in [2.45, 2.75) is 11.4 Å². The normalized spacial score (nSPS) is 11.8. The van der Waals surface area contributed by atoms with Gasteiger partial charge in [0.15, 0.2) is 0 Å². The standard InChI is InChI=1S/C14H14BrFN2O2S/c1-18(9-10-2-4-11(15)5-3-10)21(19,20)12-6-7-13(16)14(17)8-12/h2-8H,9,17H2,1H3. The molecule has 0 saturated carbocycles. The van der Waals surface area contributed by atoms with E-state index in [0.29, 0.717) is 0 Å². The van der Waals surface area contributed by atoms with Gasteiger partial charge in [-0.1, -0.05) is 28.1 Å². The van der Waals surface area contributed by atoms with Crippen molar-refractivity contribution in [3.8, 4) is 0 Å². The predicted molar refractivity (Wildman–Crippen MR) is 83.6 cm³/mol. The van der Waals surface area contributed by atoms with Crippen molar-refractivity contribution in [1.82, 2.24) is 4.31 Å². The maximum absolute atomic E-state index is 13.1. The minimum absolute atomic E-state index is 0.0268. The van der Waals surface area contributed by atoms with Gasteiger partial charge in [-0.3, -0.25) is 0 Å². The smallest absolute Gasteiger partial charge is 0.243 e. The zero-order valence-electron chi connectivity index (χ0n) is 11.3.